The fraction of sp³-hybridized carbons (Fsp3) is 0.0714. The fourth-order valence-corrected chi connectivity index (χ4v) is 1.87. The van der Waals surface area contributed by atoms with E-state index in [1.54, 1.807) is 12.3 Å². The highest BCUT2D eigenvalue weighted by atomic mass is 16.3. The fourth-order valence-electron chi connectivity index (χ4n) is 1.87. The van der Waals surface area contributed by atoms with Gasteiger partial charge in [-0.1, -0.05) is 11.6 Å². The third kappa shape index (κ3) is 1.76. The van der Waals surface area contributed by atoms with Crippen molar-refractivity contribution < 1.29 is 4.42 Å². The van der Waals surface area contributed by atoms with Gasteiger partial charge in [-0.25, -0.2) is 0 Å². The summed E-state index contributed by atoms with van der Waals surface area (Å²) in [7, 11) is 0. The van der Waals surface area contributed by atoms with Gasteiger partial charge in [0.1, 0.15) is 11.3 Å². The summed E-state index contributed by atoms with van der Waals surface area (Å²) in [6.07, 6.45) is 1.68. The number of nitrogen functional groups attached to an aromatic ring is 1. The van der Waals surface area contributed by atoms with Gasteiger partial charge in [0.05, 0.1) is 0 Å². The maximum atomic E-state index is 5.75. The van der Waals surface area contributed by atoms with Gasteiger partial charge in [-0.05, 0) is 37.3 Å². The smallest absolute Gasteiger partial charge is 0.153 e. The van der Waals surface area contributed by atoms with Crippen LogP contribution in [0.2, 0.25) is 0 Å². The molecule has 1 aromatic carbocycles. The standard InChI is InChI=1S/C14H12N2O/c1-9-2-3-13-10(6-9)7-14(17-13)12-8-11(15)4-5-16-12/h2-8H,1H3,(H2,15,16). The minimum Gasteiger partial charge on any atom is -0.454 e. The van der Waals surface area contributed by atoms with E-state index in [0.717, 1.165) is 22.4 Å². The normalized spacial score (nSPS) is 10.9. The van der Waals surface area contributed by atoms with Crippen molar-refractivity contribution in [2.24, 2.45) is 0 Å². The summed E-state index contributed by atoms with van der Waals surface area (Å²) < 4.78 is 5.75. The molecule has 3 nitrogen and oxygen atoms in total. The SMILES string of the molecule is Cc1ccc2oc(-c3cc(N)ccn3)cc2c1. The van der Waals surface area contributed by atoms with Gasteiger partial charge in [-0.3, -0.25) is 4.98 Å². The van der Waals surface area contributed by atoms with Crippen molar-refractivity contribution in [1.29, 1.82) is 0 Å². The van der Waals surface area contributed by atoms with Gasteiger partial charge in [0.25, 0.3) is 0 Å². The molecule has 84 valence electrons. The molecule has 2 N–H and O–H groups in total. The van der Waals surface area contributed by atoms with Crippen LogP contribution >= 0.6 is 0 Å². The molecule has 0 aliphatic carbocycles. The van der Waals surface area contributed by atoms with Crippen LogP contribution in [0.4, 0.5) is 5.69 Å². The molecule has 17 heavy (non-hydrogen) atoms. The van der Waals surface area contributed by atoms with E-state index < -0.39 is 0 Å². The summed E-state index contributed by atoms with van der Waals surface area (Å²) in [4.78, 5) is 4.25. The van der Waals surface area contributed by atoms with Crippen molar-refractivity contribution >= 4 is 16.7 Å². The summed E-state index contributed by atoms with van der Waals surface area (Å²) in [6, 6.07) is 11.7. The van der Waals surface area contributed by atoms with E-state index in [4.69, 9.17) is 10.2 Å². The second-order valence-electron chi connectivity index (χ2n) is 4.13. The Morgan fingerprint density at radius 1 is 1.12 bits per heavy atom. The Bertz CT molecular complexity index is 686. The van der Waals surface area contributed by atoms with E-state index in [0.29, 0.717) is 5.69 Å². The van der Waals surface area contributed by atoms with E-state index in [1.807, 2.05) is 24.3 Å². The van der Waals surface area contributed by atoms with Crippen molar-refractivity contribution in [3.8, 4) is 11.5 Å². The Morgan fingerprint density at radius 2 is 2.00 bits per heavy atom. The molecule has 0 saturated heterocycles. The molecule has 3 aromatic rings. The van der Waals surface area contributed by atoms with Crippen LogP contribution in [0.1, 0.15) is 5.56 Å². The number of anilines is 1. The van der Waals surface area contributed by atoms with Crippen molar-refractivity contribution in [2.75, 3.05) is 5.73 Å². The maximum absolute atomic E-state index is 5.75. The van der Waals surface area contributed by atoms with Crippen LogP contribution in [-0.2, 0) is 0 Å². The predicted octanol–water partition coefficient (Wildman–Crippen LogP) is 3.39. The van der Waals surface area contributed by atoms with Crippen molar-refractivity contribution in [3.05, 3.63) is 48.2 Å². The Kier molecular flexibility index (Phi) is 2.11. The molecule has 0 fully saturated rings. The molecule has 0 amide bonds. The van der Waals surface area contributed by atoms with Crippen LogP contribution in [0.25, 0.3) is 22.4 Å². The summed E-state index contributed by atoms with van der Waals surface area (Å²) in [6.45, 7) is 2.06. The van der Waals surface area contributed by atoms with Crippen LogP contribution in [-0.4, -0.2) is 4.98 Å². The Balaban J connectivity index is 2.18. The third-order valence-corrected chi connectivity index (χ3v) is 2.71. The summed E-state index contributed by atoms with van der Waals surface area (Å²) in [5, 5.41) is 1.09. The molecular formula is C14H12N2O. The van der Waals surface area contributed by atoms with Crippen LogP contribution in [0.15, 0.2) is 47.0 Å². The maximum Gasteiger partial charge on any atom is 0.153 e. The van der Waals surface area contributed by atoms with Crippen molar-refractivity contribution in [3.63, 3.8) is 0 Å². The number of benzene rings is 1. The van der Waals surface area contributed by atoms with E-state index in [1.165, 1.54) is 5.56 Å². The van der Waals surface area contributed by atoms with E-state index in [2.05, 4.69) is 18.0 Å². The quantitative estimate of drug-likeness (QED) is 0.689. The van der Waals surface area contributed by atoms with E-state index in [9.17, 15) is 0 Å². The molecule has 2 heterocycles. The molecule has 0 bridgehead atoms. The highest BCUT2D eigenvalue weighted by molar-refractivity contribution is 5.83. The molecular weight excluding hydrogens is 212 g/mol. The van der Waals surface area contributed by atoms with Crippen molar-refractivity contribution in [2.45, 2.75) is 6.92 Å². The minimum absolute atomic E-state index is 0.687. The number of rotatable bonds is 1. The molecule has 3 heteroatoms. The predicted molar refractivity (Wildman–Crippen MR) is 68.6 cm³/mol. The molecule has 0 aliphatic rings. The molecule has 0 aliphatic heterocycles. The van der Waals surface area contributed by atoms with Gasteiger partial charge < -0.3 is 10.2 Å². The van der Waals surface area contributed by atoms with Gasteiger partial charge in [-0.2, -0.15) is 0 Å². The molecule has 0 radical (unpaired) electrons. The lowest BCUT2D eigenvalue weighted by Crippen LogP contribution is -1.86. The summed E-state index contributed by atoms with van der Waals surface area (Å²) in [5.74, 6) is 0.748. The molecule has 0 unspecified atom stereocenters. The number of pyridine rings is 1. The average molecular weight is 224 g/mol. The number of hydrogen-bond acceptors (Lipinski definition) is 3. The topological polar surface area (TPSA) is 52.0 Å². The number of aromatic nitrogens is 1. The number of furan rings is 1. The van der Waals surface area contributed by atoms with Gasteiger partial charge in [-0.15, -0.1) is 0 Å². The monoisotopic (exact) mass is 224 g/mol. The first-order chi connectivity index (χ1) is 8.22. The first-order valence-corrected chi connectivity index (χ1v) is 5.44. The Morgan fingerprint density at radius 3 is 2.82 bits per heavy atom. The summed E-state index contributed by atoms with van der Waals surface area (Å²) >= 11 is 0. The van der Waals surface area contributed by atoms with E-state index >= 15 is 0 Å². The van der Waals surface area contributed by atoms with Crippen LogP contribution < -0.4 is 5.73 Å². The number of hydrogen-bond donors (Lipinski definition) is 1. The number of aryl methyl sites for hydroxylation is 1. The second-order valence-corrected chi connectivity index (χ2v) is 4.13. The first kappa shape index (κ1) is 9.90. The zero-order valence-corrected chi connectivity index (χ0v) is 9.47. The second kappa shape index (κ2) is 3.63. The highest BCUT2D eigenvalue weighted by Crippen LogP contribution is 2.27. The zero-order valence-electron chi connectivity index (χ0n) is 9.47. The highest BCUT2D eigenvalue weighted by Gasteiger charge is 2.07. The minimum atomic E-state index is 0.687. The largest absolute Gasteiger partial charge is 0.454 e. The lowest BCUT2D eigenvalue weighted by Gasteiger charge is -1.96. The lowest BCUT2D eigenvalue weighted by molar-refractivity contribution is 0.628. The molecule has 0 atom stereocenters. The summed E-state index contributed by atoms with van der Waals surface area (Å²) in [5.41, 5.74) is 9.27. The average Bonchev–Trinajstić information content (AvgIpc) is 2.72. The van der Waals surface area contributed by atoms with Crippen LogP contribution in [0, 0.1) is 6.92 Å². The van der Waals surface area contributed by atoms with E-state index in [-0.39, 0.29) is 0 Å². The lowest BCUT2D eigenvalue weighted by atomic mass is 10.2. The van der Waals surface area contributed by atoms with Gasteiger partial charge >= 0.3 is 0 Å². The number of fused-ring (bicyclic) bond motifs is 1. The van der Waals surface area contributed by atoms with Crippen LogP contribution in [0.3, 0.4) is 0 Å². The Hall–Kier alpha value is -2.29. The molecule has 0 spiro atoms. The molecule has 2 aromatic heterocycles. The van der Waals surface area contributed by atoms with Gasteiger partial charge in [0.2, 0.25) is 0 Å². The molecule has 3 rings (SSSR count). The number of nitrogens with two attached hydrogens (primary N) is 1. The first-order valence-electron chi connectivity index (χ1n) is 5.44. The third-order valence-electron chi connectivity index (χ3n) is 2.71. The zero-order chi connectivity index (χ0) is 11.8. The number of nitrogens with zero attached hydrogens (tertiary/aromatic N) is 1. The van der Waals surface area contributed by atoms with Gasteiger partial charge in [0.15, 0.2) is 5.76 Å². The Labute approximate surface area is 98.9 Å². The van der Waals surface area contributed by atoms with Crippen molar-refractivity contribution in [1.82, 2.24) is 4.98 Å². The van der Waals surface area contributed by atoms with Crippen LogP contribution in [0.5, 0.6) is 0 Å². The van der Waals surface area contributed by atoms with Gasteiger partial charge in [0, 0.05) is 17.3 Å². The molecule has 0 saturated carbocycles.